The van der Waals surface area contributed by atoms with Crippen LogP contribution in [0.1, 0.15) is 6.92 Å². The summed E-state index contributed by atoms with van der Waals surface area (Å²) in [6.45, 7) is 6.17. The van der Waals surface area contributed by atoms with Crippen LogP contribution in [-0.2, 0) is 6.54 Å². The number of pyridine rings is 1. The molecule has 0 aromatic carbocycles. The molecule has 0 spiro atoms. The van der Waals surface area contributed by atoms with Crippen molar-refractivity contribution in [1.82, 2.24) is 4.57 Å². The Bertz CT molecular complexity index is 365. The van der Waals surface area contributed by atoms with Crippen LogP contribution >= 0.6 is 0 Å². The molecule has 0 saturated heterocycles. The van der Waals surface area contributed by atoms with Crippen molar-refractivity contribution in [2.24, 2.45) is 0 Å². The van der Waals surface area contributed by atoms with Crippen molar-refractivity contribution >= 4 is 0 Å². The molecule has 0 aliphatic rings. The van der Waals surface area contributed by atoms with Gasteiger partial charge in [0.1, 0.15) is 0 Å². The fraction of sp³-hybridized carbons (Fsp3) is 0.300. The molecule has 0 aliphatic carbocycles. The van der Waals surface area contributed by atoms with Crippen LogP contribution < -0.4 is 10.3 Å². The predicted octanol–water partition coefficient (Wildman–Crippen LogP) is 1.43. The van der Waals surface area contributed by atoms with Gasteiger partial charge in [-0.15, -0.1) is 0 Å². The van der Waals surface area contributed by atoms with Crippen molar-refractivity contribution in [2.45, 2.75) is 13.5 Å². The van der Waals surface area contributed by atoms with Gasteiger partial charge in [-0.1, -0.05) is 12.2 Å². The van der Waals surface area contributed by atoms with Gasteiger partial charge in [-0.2, -0.15) is 0 Å². The third kappa shape index (κ3) is 2.21. The van der Waals surface area contributed by atoms with Crippen LogP contribution in [0.25, 0.3) is 0 Å². The highest BCUT2D eigenvalue weighted by molar-refractivity contribution is 5.17. The first-order valence-corrected chi connectivity index (χ1v) is 4.03. The second-order valence-electron chi connectivity index (χ2n) is 2.97. The maximum absolute atomic E-state index is 11.5. The molecule has 0 fully saturated rings. The van der Waals surface area contributed by atoms with Crippen LogP contribution in [0.15, 0.2) is 35.3 Å². The minimum Gasteiger partial charge on any atom is -0.491 e. The topological polar surface area (TPSA) is 31.2 Å². The van der Waals surface area contributed by atoms with Crippen molar-refractivity contribution in [1.29, 1.82) is 0 Å². The zero-order valence-corrected chi connectivity index (χ0v) is 7.91. The van der Waals surface area contributed by atoms with Crippen molar-refractivity contribution in [3.8, 4) is 5.75 Å². The monoisotopic (exact) mass is 179 g/mol. The number of methoxy groups -OCH3 is 1. The average Bonchev–Trinajstić information content (AvgIpc) is 2.08. The minimum atomic E-state index is -0.118. The maximum atomic E-state index is 11.5. The third-order valence-electron chi connectivity index (χ3n) is 1.65. The molecular formula is C10H13NO2. The Hall–Kier alpha value is -1.51. The molecule has 1 aromatic heterocycles. The summed E-state index contributed by atoms with van der Waals surface area (Å²) in [6.07, 6.45) is 1.72. The lowest BCUT2D eigenvalue weighted by Crippen LogP contribution is -2.20. The number of allylic oxidation sites excluding steroid dienone is 1. The van der Waals surface area contributed by atoms with Gasteiger partial charge in [-0.05, 0) is 19.1 Å². The summed E-state index contributed by atoms with van der Waals surface area (Å²) >= 11 is 0. The molecule has 0 N–H and O–H groups in total. The summed E-state index contributed by atoms with van der Waals surface area (Å²) in [4.78, 5) is 11.5. The molecule has 3 heteroatoms. The smallest absolute Gasteiger partial charge is 0.293 e. The number of rotatable bonds is 3. The average molecular weight is 179 g/mol. The number of hydrogen-bond donors (Lipinski definition) is 0. The Kier molecular flexibility index (Phi) is 2.90. The highest BCUT2D eigenvalue weighted by Gasteiger charge is 2.01. The van der Waals surface area contributed by atoms with Gasteiger partial charge < -0.3 is 9.30 Å². The SMILES string of the molecule is C=C(C)Cn1cccc(OC)c1=O. The Labute approximate surface area is 77.3 Å². The van der Waals surface area contributed by atoms with Crippen LogP contribution in [0.2, 0.25) is 0 Å². The molecule has 0 aliphatic heterocycles. The number of nitrogens with zero attached hydrogens (tertiary/aromatic N) is 1. The van der Waals surface area contributed by atoms with E-state index in [0.29, 0.717) is 12.3 Å². The lowest BCUT2D eigenvalue weighted by Gasteiger charge is -2.06. The summed E-state index contributed by atoms with van der Waals surface area (Å²) in [6, 6.07) is 3.43. The Morgan fingerprint density at radius 1 is 1.69 bits per heavy atom. The van der Waals surface area contributed by atoms with Crippen molar-refractivity contribution < 1.29 is 4.74 Å². The second kappa shape index (κ2) is 3.94. The molecule has 70 valence electrons. The molecule has 13 heavy (non-hydrogen) atoms. The van der Waals surface area contributed by atoms with E-state index in [1.807, 2.05) is 6.92 Å². The second-order valence-corrected chi connectivity index (χ2v) is 2.97. The molecular weight excluding hydrogens is 166 g/mol. The zero-order chi connectivity index (χ0) is 9.84. The molecule has 0 unspecified atom stereocenters. The van der Waals surface area contributed by atoms with Gasteiger partial charge in [0.05, 0.1) is 7.11 Å². The maximum Gasteiger partial charge on any atom is 0.293 e. The molecule has 0 amide bonds. The van der Waals surface area contributed by atoms with Crippen LogP contribution in [0, 0.1) is 0 Å². The standard InChI is InChI=1S/C10H13NO2/c1-8(2)7-11-6-4-5-9(13-3)10(11)12/h4-6H,1,7H2,2-3H3. The Morgan fingerprint density at radius 2 is 2.38 bits per heavy atom. The number of aromatic nitrogens is 1. The van der Waals surface area contributed by atoms with Crippen LogP contribution in [-0.4, -0.2) is 11.7 Å². The van der Waals surface area contributed by atoms with E-state index in [4.69, 9.17) is 4.74 Å². The van der Waals surface area contributed by atoms with Gasteiger partial charge >= 0.3 is 0 Å². The van der Waals surface area contributed by atoms with E-state index >= 15 is 0 Å². The highest BCUT2D eigenvalue weighted by Crippen LogP contribution is 2.01. The van der Waals surface area contributed by atoms with Crippen LogP contribution in [0.3, 0.4) is 0 Å². The van der Waals surface area contributed by atoms with Gasteiger partial charge in [0, 0.05) is 12.7 Å². The fourth-order valence-electron chi connectivity index (χ4n) is 1.09. The van der Waals surface area contributed by atoms with Gasteiger partial charge in [0.2, 0.25) is 0 Å². The minimum absolute atomic E-state index is 0.118. The van der Waals surface area contributed by atoms with E-state index in [1.54, 1.807) is 22.9 Å². The quantitative estimate of drug-likeness (QED) is 0.657. The van der Waals surface area contributed by atoms with Gasteiger partial charge in [0.25, 0.3) is 5.56 Å². The van der Waals surface area contributed by atoms with E-state index in [1.165, 1.54) is 7.11 Å². The van der Waals surface area contributed by atoms with Crippen molar-refractivity contribution in [2.75, 3.05) is 7.11 Å². The molecule has 1 heterocycles. The lowest BCUT2D eigenvalue weighted by atomic mass is 10.3. The molecule has 1 rings (SSSR count). The normalized spacial score (nSPS) is 9.69. The van der Waals surface area contributed by atoms with E-state index < -0.39 is 0 Å². The molecule has 3 nitrogen and oxygen atoms in total. The first-order chi connectivity index (χ1) is 6.15. The summed E-state index contributed by atoms with van der Waals surface area (Å²) in [7, 11) is 1.49. The van der Waals surface area contributed by atoms with E-state index in [-0.39, 0.29) is 5.56 Å². The molecule has 0 bridgehead atoms. The van der Waals surface area contributed by atoms with Gasteiger partial charge in [0.15, 0.2) is 5.75 Å². The summed E-state index contributed by atoms with van der Waals surface area (Å²) in [5.41, 5.74) is 0.823. The fourth-order valence-corrected chi connectivity index (χ4v) is 1.09. The van der Waals surface area contributed by atoms with Crippen LogP contribution in [0.4, 0.5) is 0 Å². The molecule has 1 aromatic rings. The van der Waals surface area contributed by atoms with E-state index in [2.05, 4.69) is 6.58 Å². The number of hydrogen-bond acceptors (Lipinski definition) is 2. The molecule has 0 radical (unpaired) electrons. The Morgan fingerprint density at radius 3 is 2.92 bits per heavy atom. The van der Waals surface area contributed by atoms with Gasteiger partial charge in [-0.3, -0.25) is 4.79 Å². The van der Waals surface area contributed by atoms with E-state index in [0.717, 1.165) is 5.57 Å². The van der Waals surface area contributed by atoms with E-state index in [9.17, 15) is 4.79 Å². The summed E-state index contributed by atoms with van der Waals surface area (Å²) in [5, 5.41) is 0. The third-order valence-corrected chi connectivity index (χ3v) is 1.65. The lowest BCUT2D eigenvalue weighted by molar-refractivity contribution is 0.403. The highest BCUT2D eigenvalue weighted by atomic mass is 16.5. The first kappa shape index (κ1) is 9.58. The number of ether oxygens (including phenoxy) is 1. The largest absolute Gasteiger partial charge is 0.491 e. The van der Waals surface area contributed by atoms with Crippen molar-refractivity contribution in [3.63, 3.8) is 0 Å². The molecule has 0 saturated carbocycles. The van der Waals surface area contributed by atoms with Gasteiger partial charge in [-0.25, -0.2) is 0 Å². The van der Waals surface area contributed by atoms with Crippen molar-refractivity contribution in [3.05, 3.63) is 40.8 Å². The Balaban J connectivity index is 3.09. The summed E-state index contributed by atoms with van der Waals surface area (Å²) < 4.78 is 6.47. The first-order valence-electron chi connectivity index (χ1n) is 4.03. The predicted molar refractivity (Wildman–Crippen MR) is 52.1 cm³/mol. The van der Waals surface area contributed by atoms with Crippen LogP contribution in [0.5, 0.6) is 5.75 Å². The molecule has 0 atom stereocenters. The summed E-state index contributed by atoms with van der Waals surface area (Å²) in [5.74, 6) is 0.365. The zero-order valence-electron chi connectivity index (χ0n) is 7.91.